The van der Waals surface area contributed by atoms with Gasteiger partial charge < -0.3 is 4.74 Å². The zero-order chi connectivity index (χ0) is 11.8. The van der Waals surface area contributed by atoms with Gasteiger partial charge >= 0.3 is 0 Å². The van der Waals surface area contributed by atoms with Crippen LogP contribution >= 0.6 is 0 Å². The highest BCUT2D eigenvalue weighted by atomic mass is 32.2. The van der Waals surface area contributed by atoms with E-state index in [1.54, 1.807) is 0 Å². The molecule has 0 aromatic rings. The van der Waals surface area contributed by atoms with Crippen LogP contribution in [0.2, 0.25) is 0 Å². The molecule has 1 heterocycles. The number of ether oxygens (including phenoxy) is 1. The van der Waals surface area contributed by atoms with Crippen LogP contribution in [0.5, 0.6) is 0 Å². The Labute approximate surface area is 101 Å². The third kappa shape index (κ3) is 2.34. The minimum Gasteiger partial charge on any atom is -0.373 e. The molecule has 94 valence electrons. The van der Waals surface area contributed by atoms with E-state index >= 15 is 0 Å². The first-order chi connectivity index (χ1) is 7.44. The summed E-state index contributed by atoms with van der Waals surface area (Å²) in [5.41, 5.74) is 0.000903. The summed E-state index contributed by atoms with van der Waals surface area (Å²) in [5.74, 6) is 0. The Kier molecular flexibility index (Phi) is 3.44. The second-order valence-electron chi connectivity index (χ2n) is 5.96. The fourth-order valence-corrected chi connectivity index (χ4v) is 3.65. The van der Waals surface area contributed by atoms with Gasteiger partial charge in [-0.15, -0.1) is 0 Å². The highest BCUT2D eigenvalue weighted by Gasteiger charge is 2.47. The van der Waals surface area contributed by atoms with Crippen molar-refractivity contribution in [3.8, 4) is 0 Å². The van der Waals surface area contributed by atoms with Crippen molar-refractivity contribution in [3.05, 3.63) is 0 Å². The van der Waals surface area contributed by atoms with Crippen LogP contribution in [0.15, 0.2) is 0 Å². The normalized spacial score (nSPS) is 37.1. The maximum Gasteiger partial charge on any atom is 0.0973 e. The molecule has 1 aliphatic carbocycles. The SMILES string of the molecule is CC(C)(C)[S@](=O)NC1CCCC12CCCO2. The van der Waals surface area contributed by atoms with E-state index in [1.807, 2.05) is 20.8 Å². The standard InChI is InChI=1S/C12H23NO2S/c1-11(2,3)16(14)13-10-6-4-7-12(10)8-5-9-15-12/h10,13H,4-9H2,1-3H3/t10?,12?,16-/m0/s1. The minimum absolute atomic E-state index is 0.000903. The third-order valence-electron chi connectivity index (χ3n) is 3.67. The first-order valence-electron chi connectivity index (χ1n) is 6.26. The molecular formula is C12H23NO2S. The van der Waals surface area contributed by atoms with Crippen molar-refractivity contribution in [3.63, 3.8) is 0 Å². The maximum absolute atomic E-state index is 12.1. The Hall–Kier alpha value is 0.0700. The highest BCUT2D eigenvalue weighted by Crippen LogP contribution is 2.41. The largest absolute Gasteiger partial charge is 0.373 e. The summed E-state index contributed by atoms with van der Waals surface area (Å²) in [4.78, 5) is 0. The van der Waals surface area contributed by atoms with E-state index in [0.717, 1.165) is 32.3 Å². The predicted octanol–water partition coefficient (Wildman–Crippen LogP) is 2.14. The molecule has 2 rings (SSSR count). The van der Waals surface area contributed by atoms with Gasteiger partial charge in [0.2, 0.25) is 0 Å². The lowest BCUT2D eigenvalue weighted by Crippen LogP contribution is -2.50. The quantitative estimate of drug-likeness (QED) is 0.809. The number of hydrogen-bond donors (Lipinski definition) is 1. The van der Waals surface area contributed by atoms with Gasteiger partial charge in [-0.3, -0.25) is 0 Å². The summed E-state index contributed by atoms with van der Waals surface area (Å²) in [6.07, 6.45) is 5.71. The molecule has 0 radical (unpaired) electrons. The van der Waals surface area contributed by atoms with E-state index in [-0.39, 0.29) is 16.4 Å². The number of hydrogen-bond acceptors (Lipinski definition) is 2. The lowest BCUT2D eigenvalue weighted by Gasteiger charge is -2.32. The molecule has 1 saturated carbocycles. The monoisotopic (exact) mass is 245 g/mol. The molecular weight excluding hydrogens is 222 g/mol. The summed E-state index contributed by atoms with van der Waals surface area (Å²) in [5, 5.41) is 0. The van der Waals surface area contributed by atoms with Gasteiger partial charge in [-0.05, 0) is 52.9 Å². The molecule has 1 aliphatic heterocycles. The van der Waals surface area contributed by atoms with Gasteiger partial charge in [-0.1, -0.05) is 0 Å². The third-order valence-corrected chi connectivity index (χ3v) is 5.28. The van der Waals surface area contributed by atoms with Gasteiger partial charge in [0.15, 0.2) is 0 Å². The zero-order valence-corrected chi connectivity index (χ0v) is 11.4. The van der Waals surface area contributed by atoms with Crippen LogP contribution < -0.4 is 4.72 Å². The smallest absolute Gasteiger partial charge is 0.0973 e. The van der Waals surface area contributed by atoms with Crippen LogP contribution in [0.25, 0.3) is 0 Å². The lowest BCUT2D eigenvalue weighted by atomic mass is 9.95. The van der Waals surface area contributed by atoms with Gasteiger partial charge in [-0.25, -0.2) is 8.93 Å². The minimum atomic E-state index is -0.979. The molecule has 2 unspecified atom stereocenters. The molecule has 3 nitrogen and oxygen atoms in total. The first-order valence-corrected chi connectivity index (χ1v) is 7.41. The van der Waals surface area contributed by atoms with E-state index in [1.165, 1.54) is 6.42 Å². The summed E-state index contributed by atoms with van der Waals surface area (Å²) < 4.78 is 21.1. The van der Waals surface area contributed by atoms with Crippen molar-refractivity contribution >= 4 is 11.0 Å². The molecule has 1 spiro atoms. The van der Waals surface area contributed by atoms with E-state index < -0.39 is 11.0 Å². The van der Waals surface area contributed by atoms with Crippen LogP contribution in [0, 0.1) is 0 Å². The average Bonchev–Trinajstić information content (AvgIpc) is 2.78. The number of nitrogens with one attached hydrogen (secondary N) is 1. The Morgan fingerprint density at radius 1 is 1.31 bits per heavy atom. The summed E-state index contributed by atoms with van der Waals surface area (Å²) in [7, 11) is -0.979. The molecule has 4 heteroatoms. The van der Waals surface area contributed by atoms with Crippen LogP contribution in [0.1, 0.15) is 52.9 Å². The Balaban J connectivity index is 2.02. The van der Waals surface area contributed by atoms with Crippen molar-refractivity contribution < 1.29 is 8.95 Å². The van der Waals surface area contributed by atoms with Crippen LogP contribution in [-0.4, -0.2) is 27.2 Å². The summed E-state index contributed by atoms with van der Waals surface area (Å²) in [6, 6.07) is 0.287. The summed E-state index contributed by atoms with van der Waals surface area (Å²) >= 11 is 0. The molecule has 0 aromatic heterocycles. The van der Waals surface area contributed by atoms with Crippen molar-refractivity contribution in [1.82, 2.24) is 4.72 Å². The predicted molar refractivity (Wildman–Crippen MR) is 66.6 cm³/mol. The van der Waals surface area contributed by atoms with Crippen molar-refractivity contribution in [1.29, 1.82) is 0 Å². The van der Waals surface area contributed by atoms with E-state index in [9.17, 15) is 4.21 Å². The van der Waals surface area contributed by atoms with Crippen LogP contribution in [-0.2, 0) is 15.7 Å². The topological polar surface area (TPSA) is 38.3 Å². The molecule has 16 heavy (non-hydrogen) atoms. The highest BCUT2D eigenvalue weighted by molar-refractivity contribution is 7.84. The second-order valence-corrected chi connectivity index (χ2v) is 7.96. The van der Waals surface area contributed by atoms with E-state index in [0.29, 0.717) is 0 Å². The Morgan fingerprint density at radius 2 is 2.00 bits per heavy atom. The molecule has 2 fully saturated rings. The van der Waals surface area contributed by atoms with Gasteiger partial charge in [0.05, 0.1) is 21.3 Å². The fraction of sp³-hybridized carbons (Fsp3) is 1.00. The van der Waals surface area contributed by atoms with Crippen LogP contribution in [0.4, 0.5) is 0 Å². The van der Waals surface area contributed by atoms with Gasteiger partial charge in [0.1, 0.15) is 0 Å². The summed E-state index contributed by atoms with van der Waals surface area (Å²) in [6.45, 7) is 6.90. The van der Waals surface area contributed by atoms with Crippen LogP contribution in [0.3, 0.4) is 0 Å². The Morgan fingerprint density at radius 3 is 2.56 bits per heavy atom. The lowest BCUT2D eigenvalue weighted by molar-refractivity contribution is -0.00553. The molecule has 0 bridgehead atoms. The average molecular weight is 245 g/mol. The van der Waals surface area contributed by atoms with Crippen molar-refractivity contribution in [2.75, 3.05) is 6.61 Å². The van der Waals surface area contributed by atoms with E-state index in [2.05, 4.69) is 4.72 Å². The van der Waals surface area contributed by atoms with E-state index in [4.69, 9.17) is 4.74 Å². The van der Waals surface area contributed by atoms with Gasteiger partial charge in [0.25, 0.3) is 0 Å². The molecule has 2 aliphatic rings. The van der Waals surface area contributed by atoms with Crippen molar-refractivity contribution in [2.24, 2.45) is 0 Å². The van der Waals surface area contributed by atoms with Gasteiger partial charge in [-0.2, -0.15) is 0 Å². The zero-order valence-electron chi connectivity index (χ0n) is 10.5. The molecule has 3 atom stereocenters. The maximum atomic E-state index is 12.1. The number of rotatable bonds is 2. The van der Waals surface area contributed by atoms with Crippen molar-refractivity contribution in [2.45, 2.75) is 69.3 Å². The Bertz CT molecular complexity index is 274. The molecule has 1 saturated heterocycles. The molecule has 0 aromatic carbocycles. The van der Waals surface area contributed by atoms with Gasteiger partial charge in [0, 0.05) is 12.6 Å². The molecule has 0 amide bonds. The first kappa shape index (κ1) is 12.5. The second kappa shape index (κ2) is 4.39. The molecule has 1 N–H and O–H groups in total. The fourth-order valence-electron chi connectivity index (χ4n) is 2.71.